The minimum absolute atomic E-state index is 0.184. The zero-order valence-electron chi connectivity index (χ0n) is 13.4. The molecule has 1 fully saturated rings. The van der Waals surface area contributed by atoms with Gasteiger partial charge in [0.05, 0.1) is 0 Å². The SMILES string of the molecule is CCOCCCNCC1CCCN1C(=O)OC(C)(C)C. The van der Waals surface area contributed by atoms with Crippen LogP contribution in [0.25, 0.3) is 0 Å². The van der Waals surface area contributed by atoms with E-state index in [9.17, 15) is 4.79 Å². The molecule has 1 heterocycles. The Labute approximate surface area is 123 Å². The molecule has 0 aromatic heterocycles. The first-order valence-electron chi connectivity index (χ1n) is 7.72. The van der Waals surface area contributed by atoms with Gasteiger partial charge in [-0.1, -0.05) is 0 Å². The van der Waals surface area contributed by atoms with Crippen LogP contribution >= 0.6 is 0 Å². The number of hydrogen-bond donors (Lipinski definition) is 1. The van der Waals surface area contributed by atoms with Gasteiger partial charge in [-0.2, -0.15) is 0 Å². The summed E-state index contributed by atoms with van der Waals surface area (Å²) in [6.45, 7) is 11.9. The third-order valence-electron chi connectivity index (χ3n) is 3.23. The molecule has 1 N–H and O–H groups in total. The standard InChI is InChI=1S/C15H30N2O3/c1-5-19-11-7-9-16-12-13-8-6-10-17(13)14(18)20-15(2,3)4/h13,16H,5-12H2,1-4H3. The highest BCUT2D eigenvalue weighted by atomic mass is 16.6. The number of amides is 1. The van der Waals surface area contributed by atoms with E-state index in [4.69, 9.17) is 9.47 Å². The minimum atomic E-state index is -0.421. The van der Waals surface area contributed by atoms with Crippen molar-refractivity contribution in [2.45, 2.75) is 58.6 Å². The summed E-state index contributed by atoms with van der Waals surface area (Å²) in [6, 6.07) is 0.261. The summed E-state index contributed by atoms with van der Waals surface area (Å²) < 4.78 is 10.7. The highest BCUT2D eigenvalue weighted by Gasteiger charge is 2.31. The Morgan fingerprint density at radius 2 is 2.15 bits per heavy atom. The summed E-state index contributed by atoms with van der Waals surface area (Å²) in [7, 11) is 0. The fourth-order valence-corrected chi connectivity index (χ4v) is 2.32. The van der Waals surface area contributed by atoms with Gasteiger partial charge in [0.15, 0.2) is 0 Å². The molecule has 1 saturated heterocycles. The second kappa shape index (κ2) is 8.47. The molecule has 1 atom stereocenters. The number of ether oxygens (including phenoxy) is 2. The predicted molar refractivity (Wildman–Crippen MR) is 79.9 cm³/mol. The molecular formula is C15H30N2O3. The van der Waals surface area contributed by atoms with Crippen LogP contribution in [0.3, 0.4) is 0 Å². The average molecular weight is 286 g/mol. The molecular weight excluding hydrogens is 256 g/mol. The first-order chi connectivity index (χ1) is 9.44. The normalized spacial score (nSPS) is 19.4. The van der Waals surface area contributed by atoms with Crippen molar-refractivity contribution in [3.63, 3.8) is 0 Å². The van der Waals surface area contributed by atoms with Gasteiger partial charge in [-0.15, -0.1) is 0 Å². The van der Waals surface area contributed by atoms with E-state index in [2.05, 4.69) is 5.32 Å². The number of hydrogen-bond acceptors (Lipinski definition) is 4. The highest BCUT2D eigenvalue weighted by molar-refractivity contribution is 5.69. The Bertz CT molecular complexity index is 289. The predicted octanol–water partition coefficient (Wildman–Crippen LogP) is 2.40. The maximum Gasteiger partial charge on any atom is 0.410 e. The second-order valence-electron chi connectivity index (χ2n) is 6.22. The fourth-order valence-electron chi connectivity index (χ4n) is 2.32. The van der Waals surface area contributed by atoms with Gasteiger partial charge in [-0.05, 0) is 53.5 Å². The maximum atomic E-state index is 12.1. The molecule has 1 unspecified atom stereocenters. The highest BCUT2D eigenvalue weighted by Crippen LogP contribution is 2.20. The summed E-state index contributed by atoms with van der Waals surface area (Å²) >= 11 is 0. The summed E-state index contributed by atoms with van der Waals surface area (Å²) in [5.74, 6) is 0. The van der Waals surface area contributed by atoms with Gasteiger partial charge in [-0.3, -0.25) is 0 Å². The topological polar surface area (TPSA) is 50.8 Å². The van der Waals surface area contributed by atoms with Gasteiger partial charge < -0.3 is 19.7 Å². The zero-order chi connectivity index (χ0) is 15.0. The van der Waals surface area contributed by atoms with Gasteiger partial charge >= 0.3 is 6.09 Å². The van der Waals surface area contributed by atoms with E-state index in [0.717, 1.165) is 52.1 Å². The summed E-state index contributed by atoms with van der Waals surface area (Å²) in [4.78, 5) is 14.0. The lowest BCUT2D eigenvalue weighted by Gasteiger charge is -2.28. The Kier molecular flexibility index (Phi) is 7.30. The molecule has 0 radical (unpaired) electrons. The summed E-state index contributed by atoms with van der Waals surface area (Å²) in [6.07, 6.45) is 2.94. The van der Waals surface area contributed by atoms with E-state index in [1.54, 1.807) is 0 Å². The Morgan fingerprint density at radius 1 is 1.40 bits per heavy atom. The Hall–Kier alpha value is -0.810. The molecule has 1 aliphatic heterocycles. The Balaban J connectivity index is 2.25. The van der Waals surface area contributed by atoms with Crippen molar-refractivity contribution in [3.8, 4) is 0 Å². The van der Waals surface area contributed by atoms with Crippen LogP contribution in [-0.4, -0.2) is 55.5 Å². The first kappa shape index (κ1) is 17.2. The molecule has 0 aromatic carbocycles. The minimum Gasteiger partial charge on any atom is -0.444 e. The molecule has 0 bridgehead atoms. The molecule has 5 heteroatoms. The van der Waals surface area contributed by atoms with Crippen LogP contribution in [0, 0.1) is 0 Å². The van der Waals surface area contributed by atoms with Crippen molar-refractivity contribution in [2.75, 3.05) is 32.8 Å². The number of nitrogens with one attached hydrogen (secondary N) is 1. The van der Waals surface area contributed by atoms with Crippen molar-refractivity contribution >= 4 is 6.09 Å². The van der Waals surface area contributed by atoms with E-state index < -0.39 is 5.60 Å². The lowest BCUT2D eigenvalue weighted by Crippen LogP contribution is -2.44. The van der Waals surface area contributed by atoms with Gasteiger partial charge in [-0.25, -0.2) is 4.79 Å². The lowest BCUT2D eigenvalue weighted by atomic mass is 10.2. The zero-order valence-corrected chi connectivity index (χ0v) is 13.4. The molecule has 0 aromatic rings. The van der Waals surface area contributed by atoms with Gasteiger partial charge in [0.25, 0.3) is 0 Å². The number of likely N-dealkylation sites (tertiary alicyclic amines) is 1. The largest absolute Gasteiger partial charge is 0.444 e. The van der Waals surface area contributed by atoms with Gasteiger partial charge in [0, 0.05) is 32.3 Å². The van der Waals surface area contributed by atoms with E-state index in [-0.39, 0.29) is 12.1 Å². The first-order valence-corrected chi connectivity index (χ1v) is 7.72. The van der Waals surface area contributed by atoms with Gasteiger partial charge in [0.1, 0.15) is 5.60 Å². The molecule has 1 rings (SSSR count). The van der Waals surface area contributed by atoms with E-state index in [1.165, 1.54) is 0 Å². The van der Waals surface area contributed by atoms with Crippen LogP contribution in [0.5, 0.6) is 0 Å². The number of nitrogens with zero attached hydrogens (tertiary/aromatic N) is 1. The third kappa shape index (κ3) is 6.57. The molecule has 1 amide bonds. The van der Waals surface area contributed by atoms with Crippen molar-refractivity contribution < 1.29 is 14.3 Å². The fraction of sp³-hybridized carbons (Fsp3) is 0.933. The Morgan fingerprint density at radius 3 is 2.80 bits per heavy atom. The number of rotatable bonds is 7. The molecule has 0 aliphatic carbocycles. The van der Waals surface area contributed by atoms with E-state index in [0.29, 0.717) is 0 Å². The van der Waals surface area contributed by atoms with E-state index in [1.807, 2.05) is 32.6 Å². The van der Waals surface area contributed by atoms with Crippen LogP contribution in [0.4, 0.5) is 4.79 Å². The van der Waals surface area contributed by atoms with Crippen LogP contribution in [0.15, 0.2) is 0 Å². The summed E-state index contributed by atoms with van der Waals surface area (Å²) in [5, 5.41) is 3.40. The summed E-state index contributed by atoms with van der Waals surface area (Å²) in [5.41, 5.74) is -0.421. The van der Waals surface area contributed by atoms with Crippen molar-refractivity contribution in [1.29, 1.82) is 0 Å². The van der Waals surface area contributed by atoms with Gasteiger partial charge in [0.2, 0.25) is 0 Å². The smallest absolute Gasteiger partial charge is 0.410 e. The van der Waals surface area contributed by atoms with Crippen LogP contribution in [0.1, 0.15) is 47.0 Å². The molecule has 5 nitrogen and oxygen atoms in total. The van der Waals surface area contributed by atoms with Crippen molar-refractivity contribution in [2.24, 2.45) is 0 Å². The molecule has 1 aliphatic rings. The van der Waals surface area contributed by atoms with Crippen molar-refractivity contribution in [1.82, 2.24) is 10.2 Å². The molecule has 118 valence electrons. The molecule has 20 heavy (non-hydrogen) atoms. The number of carbonyl (C=O) groups is 1. The third-order valence-corrected chi connectivity index (χ3v) is 3.23. The number of carbonyl (C=O) groups excluding carboxylic acids is 1. The second-order valence-corrected chi connectivity index (χ2v) is 6.22. The lowest BCUT2D eigenvalue weighted by molar-refractivity contribution is 0.0226. The monoisotopic (exact) mass is 286 g/mol. The van der Waals surface area contributed by atoms with Crippen LogP contribution < -0.4 is 5.32 Å². The average Bonchev–Trinajstić information content (AvgIpc) is 2.80. The maximum absolute atomic E-state index is 12.1. The molecule has 0 saturated carbocycles. The quantitative estimate of drug-likeness (QED) is 0.730. The van der Waals surface area contributed by atoms with E-state index >= 15 is 0 Å². The molecule has 0 spiro atoms. The van der Waals surface area contributed by atoms with Crippen molar-refractivity contribution in [3.05, 3.63) is 0 Å². The van der Waals surface area contributed by atoms with Crippen LogP contribution in [-0.2, 0) is 9.47 Å². The van der Waals surface area contributed by atoms with Crippen LogP contribution in [0.2, 0.25) is 0 Å².